The molecule has 1 aliphatic heterocycles. The Bertz CT molecular complexity index is 2090. The molecule has 0 radical (unpaired) electrons. The fourth-order valence-electron chi connectivity index (χ4n) is 6.35. The van der Waals surface area contributed by atoms with Gasteiger partial charge in [-0.25, -0.2) is 21.8 Å². The van der Waals surface area contributed by atoms with Gasteiger partial charge >= 0.3 is 0 Å². The SMILES string of the molecule is CCOc1cc2cc(C(=O)c3cnn(-c4ccc(Oc5ccccc5F)cc4C)c3N)[nH]c2cc1C1CCN(S(=O)(=O)C2CC2)CC1. The Morgan fingerprint density at radius 1 is 1.04 bits per heavy atom. The molecule has 3 N–H and O–H groups in total. The van der Waals surface area contributed by atoms with Crippen LogP contribution in [0.25, 0.3) is 16.6 Å². The number of para-hydroxylation sites is 1. The molecule has 0 amide bonds. The van der Waals surface area contributed by atoms with Crippen molar-refractivity contribution < 1.29 is 27.1 Å². The molecule has 5 aromatic rings. The van der Waals surface area contributed by atoms with Crippen LogP contribution in [0.2, 0.25) is 0 Å². The monoisotopic (exact) mass is 657 g/mol. The van der Waals surface area contributed by atoms with Gasteiger partial charge in [0.2, 0.25) is 15.8 Å². The van der Waals surface area contributed by atoms with E-state index in [0.29, 0.717) is 49.7 Å². The molecule has 2 aliphatic rings. The molecule has 0 bridgehead atoms. The maximum Gasteiger partial charge on any atom is 0.216 e. The molecule has 2 fully saturated rings. The standard InChI is InChI=1S/C35H36FN5O5S/c1-3-45-33-18-23-17-30(39-29(23)19-26(33)22-12-14-40(15-13-22)47(43,44)25-9-10-25)34(42)27-20-38-41(35(27)37)31-11-8-24(16-21(31)2)46-32-7-5-4-6-28(32)36/h4-8,11,16-20,22,25,39H,3,9-10,12-15,37H2,1-2H3. The summed E-state index contributed by atoms with van der Waals surface area (Å²) >= 11 is 0. The predicted molar refractivity (Wildman–Crippen MR) is 178 cm³/mol. The second-order valence-corrected chi connectivity index (χ2v) is 14.4. The van der Waals surface area contributed by atoms with Gasteiger partial charge in [-0.15, -0.1) is 0 Å². The number of sulfonamides is 1. The van der Waals surface area contributed by atoms with Crippen molar-refractivity contribution in [3.8, 4) is 22.9 Å². The van der Waals surface area contributed by atoms with E-state index in [9.17, 15) is 17.6 Å². The molecule has 0 atom stereocenters. The third kappa shape index (κ3) is 5.87. The average molecular weight is 658 g/mol. The van der Waals surface area contributed by atoms with Crippen molar-refractivity contribution in [2.24, 2.45) is 0 Å². The molecule has 244 valence electrons. The van der Waals surface area contributed by atoms with Crippen molar-refractivity contribution in [2.45, 2.75) is 50.7 Å². The molecule has 12 heteroatoms. The van der Waals surface area contributed by atoms with Gasteiger partial charge in [0.1, 0.15) is 17.3 Å². The summed E-state index contributed by atoms with van der Waals surface area (Å²) in [5.41, 5.74) is 10.3. The van der Waals surface area contributed by atoms with Crippen molar-refractivity contribution in [1.29, 1.82) is 0 Å². The number of aromatic amines is 1. The lowest BCUT2D eigenvalue weighted by Gasteiger charge is -2.32. The molecule has 47 heavy (non-hydrogen) atoms. The highest BCUT2D eigenvalue weighted by Crippen LogP contribution is 2.40. The molecule has 2 aromatic heterocycles. The second kappa shape index (κ2) is 12.2. The van der Waals surface area contributed by atoms with Gasteiger partial charge in [-0.3, -0.25) is 4.79 Å². The number of hydrogen-bond acceptors (Lipinski definition) is 7. The molecule has 3 heterocycles. The Morgan fingerprint density at radius 2 is 1.81 bits per heavy atom. The van der Waals surface area contributed by atoms with Gasteiger partial charge in [0.15, 0.2) is 11.6 Å². The van der Waals surface area contributed by atoms with Crippen molar-refractivity contribution in [3.05, 3.63) is 95.1 Å². The summed E-state index contributed by atoms with van der Waals surface area (Å²) in [4.78, 5) is 17.0. The average Bonchev–Trinajstić information content (AvgIpc) is 3.75. The van der Waals surface area contributed by atoms with Crippen LogP contribution in [0.1, 0.15) is 65.7 Å². The Balaban J connectivity index is 1.12. The number of anilines is 1. The highest BCUT2D eigenvalue weighted by atomic mass is 32.2. The first-order valence-electron chi connectivity index (χ1n) is 15.8. The maximum atomic E-state index is 14.1. The van der Waals surface area contributed by atoms with Gasteiger partial charge in [0, 0.05) is 24.0 Å². The minimum atomic E-state index is -3.20. The highest BCUT2D eigenvalue weighted by molar-refractivity contribution is 7.90. The molecular weight excluding hydrogens is 621 g/mol. The zero-order valence-corrected chi connectivity index (χ0v) is 27.0. The van der Waals surface area contributed by atoms with Crippen molar-refractivity contribution >= 4 is 32.5 Å². The number of hydrogen-bond donors (Lipinski definition) is 2. The quantitative estimate of drug-likeness (QED) is 0.164. The fraction of sp³-hybridized carbons (Fsp3) is 0.314. The smallest absolute Gasteiger partial charge is 0.216 e. The van der Waals surface area contributed by atoms with E-state index in [0.717, 1.165) is 40.6 Å². The molecular formula is C35H36FN5O5S. The largest absolute Gasteiger partial charge is 0.494 e. The minimum absolute atomic E-state index is 0.120. The van der Waals surface area contributed by atoms with Gasteiger partial charge in [0.25, 0.3) is 0 Å². The lowest BCUT2D eigenvalue weighted by molar-refractivity contribution is 0.103. The zero-order valence-electron chi connectivity index (χ0n) is 26.2. The molecule has 0 spiro atoms. The third-order valence-corrected chi connectivity index (χ3v) is 11.4. The first-order valence-corrected chi connectivity index (χ1v) is 17.3. The first-order chi connectivity index (χ1) is 22.6. The second-order valence-electron chi connectivity index (χ2n) is 12.2. The topological polar surface area (TPSA) is 133 Å². The molecule has 0 unspecified atom stereocenters. The fourth-order valence-corrected chi connectivity index (χ4v) is 8.22. The number of ketones is 1. The van der Waals surface area contributed by atoms with Crippen LogP contribution in [0.15, 0.2) is 66.9 Å². The van der Waals surface area contributed by atoms with E-state index in [1.807, 2.05) is 26.0 Å². The summed E-state index contributed by atoms with van der Waals surface area (Å²) in [6.07, 6.45) is 4.38. The van der Waals surface area contributed by atoms with Crippen LogP contribution in [0.3, 0.4) is 0 Å². The van der Waals surface area contributed by atoms with Crippen LogP contribution in [0.4, 0.5) is 10.2 Å². The third-order valence-electron chi connectivity index (χ3n) is 9.01. The van der Waals surface area contributed by atoms with Crippen LogP contribution in [0, 0.1) is 12.7 Å². The Kier molecular flexibility index (Phi) is 8.01. The summed E-state index contributed by atoms with van der Waals surface area (Å²) < 4.78 is 54.5. The van der Waals surface area contributed by atoms with E-state index in [-0.39, 0.29) is 34.1 Å². The number of benzene rings is 3. The number of H-pyrrole nitrogens is 1. The first kappa shape index (κ1) is 30.9. The number of carbonyl (C=O) groups is 1. The minimum Gasteiger partial charge on any atom is -0.494 e. The number of nitrogens with one attached hydrogen (secondary N) is 1. The molecule has 1 saturated heterocycles. The lowest BCUT2D eigenvalue weighted by atomic mass is 9.89. The Hall–Kier alpha value is -4.68. The van der Waals surface area contributed by atoms with Crippen molar-refractivity contribution in [2.75, 3.05) is 25.4 Å². The number of aromatic nitrogens is 3. The van der Waals surface area contributed by atoms with Crippen LogP contribution in [-0.2, 0) is 10.0 Å². The number of rotatable bonds is 10. The van der Waals surface area contributed by atoms with E-state index in [1.165, 1.54) is 16.9 Å². The number of halogens is 1. The number of aryl methyl sites for hydroxylation is 1. The van der Waals surface area contributed by atoms with E-state index in [2.05, 4.69) is 10.1 Å². The number of nitrogens with two attached hydrogens (primary N) is 1. The van der Waals surface area contributed by atoms with Crippen LogP contribution < -0.4 is 15.2 Å². The summed E-state index contributed by atoms with van der Waals surface area (Å²) in [5.74, 6) is 0.869. The molecule has 10 nitrogen and oxygen atoms in total. The van der Waals surface area contributed by atoms with Gasteiger partial charge < -0.3 is 20.2 Å². The highest BCUT2D eigenvalue weighted by Gasteiger charge is 2.41. The number of piperidine rings is 1. The molecule has 7 rings (SSSR count). The van der Waals surface area contributed by atoms with E-state index < -0.39 is 15.8 Å². The number of fused-ring (bicyclic) bond motifs is 1. The van der Waals surface area contributed by atoms with Crippen LogP contribution in [-0.4, -0.2) is 58.2 Å². The van der Waals surface area contributed by atoms with Gasteiger partial charge in [-0.1, -0.05) is 12.1 Å². The van der Waals surface area contributed by atoms with Crippen molar-refractivity contribution in [1.82, 2.24) is 19.1 Å². The van der Waals surface area contributed by atoms with Gasteiger partial charge in [-0.05, 0) is 105 Å². The Morgan fingerprint density at radius 3 is 2.51 bits per heavy atom. The normalized spacial score (nSPS) is 16.1. The van der Waals surface area contributed by atoms with E-state index in [4.69, 9.17) is 15.2 Å². The van der Waals surface area contributed by atoms with Crippen molar-refractivity contribution in [3.63, 3.8) is 0 Å². The predicted octanol–water partition coefficient (Wildman–Crippen LogP) is 6.48. The molecule has 1 aliphatic carbocycles. The van der Waals surface area contributed by atoms with E-state index >= 15 is 0 Å². The number of nitrogens with zero attached hydrogens (tertiary/aromatic N) is 3. The van der Waals surface area contributed by atoms with Crippen LogP contribution >= 0.6 is 0 Å². The maximum absolute atomic E-state index is 14.1. The zero-order chi connectivity index (χ0) is 32.9. The number of nitrogen functional groups attached to an aromatic ring is 1. The molecule has 3 aromatic carbocycles. The summed E-state index contributed by atoms with van der Waals surface area (Å²) in [5, 5.41) is 5.03. The Labute approximate surface area is 272 Å². The summed E-state index contributed by atoms with van der Waals surface area (Å²) in [7, 11) is -3.20. The van der Waals surface area contributed by atoms with Crippen LogP contribution in [0.5, 0.6) is 17.2 Å². The van der Waals surface area contributed by atoms with Gasteiger partial charge in [-0.2, -0.15) is 5.10 Å². The number of carbonyl (C=O) groups excluding carboxylic acids is 1. The van der Waals surface area contributed by atoms with Gasteiger partial charge in [0.05, 0.1) is 35.0 Å². The summed E-state index contributed by atoms with van der Waals surface area (Å²) in [6.45, 7) is 5.25. The summed E-state index contributed by atoms with van der Waals surface area (Å²) in [6, 6.07) is 17.1. The lowest BCUT2D eigenvalue weighted by Crippen LogP contribution is -2.39. The van der Waals surface area contributed by atoms with E-state index in [1.54, 1.807) is 46.8 Å². The molecule has 1 saturated carbocycles. The number of ether oxygens (including phenoxy) is 2.